The van der Waals surface area contributed by atoms with Gasteiger partial charge in [-0.1, -0.05) is 89.6 Å². The van der Waals surface area contributed by atoms with Crippen LogP contribution in [-0.4, -0.2) is 12.1 Å². The molecule has 0 aliphatic heterocycles. The maximum atomic E-state index is 13.2. The molecule has 2 aromatic rings. The maximum absolute atomic E-state index is 13.2. The number of hydrogen-bond donors (Lipinski definition) is 0. The van der Waals surface area contributed by atoms with Crippen molar-refractivity contribution in [1.29, 1.82) is 0 Å². The summed E-state index contributed by atoms with van der Waals surface area (Å²) in [5, 5.41) is 2.41. The molecule has 0 heterocycles. The van der Waals surface area contributed by atoms with Crippen molar-refractivity contribution in [2.75, 3.05) is 0 Å². The normalized spacial score (nSPS) is 19.3. The van der Waals surface area contributed by atoms with Crippen molar-refractivity contribution >= 4 is 22.3 Å². The fraction of sp³-hybridized carbons (Fsp3) is 0.458. The molecule has 0 amide bonds. The number of ether oxygens (including phenoxy) is 1. The molecule has 0 spiro atoms. The number of esters is 1. The van der Waals surface area contributed by atoms with Crippen molar-refractivity contribution in [3.8, 4) is 0 Å². The SMILES string of the molecule is CCC[C@@]1(C(=O)OC(C(C)C)C(C)C)C=C1c1cccc2ccccc12. The van der Waals surface area contributed by atoms with Crippen molar-refractivity contribution < 1.29 is 9.53 Å². The number of rotatable bonds is 7. The van der Waals surface area contributed by atoms with Gasteiger partial charge in [-0.15, -0.1) is 0 Å². The summed E-state index contributed by atoms with van der Waals surface area (Å²) in [6, 6.07) is 14.7. The average Bonchev–Trinajstić information content (AvgIpc) is 3.34. The van der Waals surface area contributed by atoms with E-state index in [0.717, 1.165) is 18.4 Å². The smallest absolute Gasteiger partial charge is 0.320 e. The summed E-state index contributed by atoms with van der Waals surface area (Å²) in [7, 11) is 0. The van der Waals surface area contributed by atoms with Crippen LogP contribution in [0.4, 0.5) is 0 Å². The Bertz CT molecular complexity index is 818. The molecule has 0 radical (unpaired) electrons. The quantitative estimate of drug-likeness (QED) is 0.552. The Morgan fingerprint density at radius 3 is 2.31 bits per heavy atom. The first-order chi connectivity index (χ1) is 12.4. The van der Waals surface area contributed by atoms with Crippen LogP contribution in [0.15, 0.2) is 48.5 Å². The minimum atomic E-state index is -0.541. The van der Waals surface area contributed by atoms with E-state index in [1.165, 1.54) is 16.3 Å². The fourth-order valence-electron chi connectivity index (χ4n) is 4.13. The van der Waals surface area contributed by atoms with E-state index >= 15 is 0 Å². The number of carbonyl (C=O) groups excluding carboxylic acids is 1. The predicted molar refractivity (Wildman–Crippen MR) is 109 cm³/mol. The second-order valence-electron chi connectivity index (χ2n) is 8.16. The molecular formula is C24H30O2. The summed E-state index contributed by atoms with van der Waals surface area (Å²) in [6.07, 6.45) is 3.85. The fourth-order valence-corrected chi connectivity index (χ4v) is 4.13. The average molecular weight is 351 g/mol. The van der Waals surface area contributed by atoms with Gasteiger partial charge in [0.2, 0.25) is 0 Å². The molecule has 0 N–H and O–H groups in total. The Balaban J connectivity index is 1.91. The zero-order valence-electron chi connectivity index (χ0n) is 16.6. The molecule has 2 aromatic carbocycles. The topological polar surface area (TPSA) is 26.3 Å². The van der Waals surface area contributed by atoms with Crippen LogP contribution in [-0.2, 0) is 9.53 Å². The molecule has 2 nitrogen and oxygen atoms in total. The van der Waals surface area contributed by atoms with Gasteiger partial charge < -0.3 is 4.74 Å². The first-order valence-corrected chi connectivity index (χ1v) is 9.83. The van der Waals surface area contributed by atoms with Crippen LogP contribution in [0.2, 0.25) is 0 Å². The van der Waals surface area contributed by atoms with Crippen molar-refractivity contribution in [1.82, 2.24) is 0 Å². The highest BCUT2D eigenvalue weighted by Gasteiger charge is 2.53. The van der Waals surface area contributed by atoms with Crippen LogP contribution in [0.25, 0.3) is 16.3 Å². The van der Waals surface area contributed by atoms with Gasteiger partial charge in [0.05, 0.1) is 0 Å². The number of carbonyl (C=O) groups is 1. The lowest BCUT2D eigenvalue weighted by molar-refractivity contribution is -0.159. The Morgan fingerprint density at radius 2 is 1.65 bits per heavy atom. The van der Waals surface area contributed by atoms with Crippen molar-refractivity contribution in [3.63, 3.8) is 0 Å². The van der Waals surface area contributed by atoms with E-state index in [1.54, 1.807) is 0 Å². The van der Waals surface area contributed by atoms with Crippen LogP contribution in [0.3, 0.4) is 0 Å². The first kappa shape index (κ1) is 18.7. The molecule has 1 aliphatic carbocycles. The predicted octanol–water partition coefficient (Wildman–Crippen LogP) is 6.25. The van der Waals surface area contributed by atoms with Gasteiger partial charge in [-0.05, 0) is 40.2 Å². The zero-order valence-corrected chi connectivity index (χ0v) is 16.6. The summed E-state index contributed by atoms with van der Waals surface area (Å²) < 4.78 is 6.03. The number of benzene rings is 2. The van der Waals surface area contributed by atoms with Gasteiger partial charge in [0.25, 0.3) is 0 Å². The van der Waals surface area contributed by atoms with Gasteiger partial charge in [-0.2, -0.15) is 0 Å². The van der Waals surface area contributed by atoms with E-state index in [1.807, 2.05) is 0 Å². The highest BCUT2D eigenvalue weighted by molar-refractivity contribution is 6.10. The molecule has 0 unspecified atom stereocenters. The molecule has 1 aliphatic rings. The molecule has 3 rings (SSSR count). The largest absolute Gasteiger partial charge is 0.461 e. The Hall–Kier alpha value is -2.09. The molecule has 0 fully saturated rings. The van der Waals surface area contributed by atoms with E-state index in [4.69, 9.17) is 4.74 Å². The van der Waals surface area contributed by atoms with Gasteiger partial charge in [-0.3, -0.25) is 4.79 Å². The van der Waals surface area contributed by atoms with Crippen LogP contribution in [0.5, 0.6) is 0 Å². The third-order valence-electron chi connectivity index (χ3n) is 5.43. The van der Waals surface area contributed by atoms with Crippen molar-refractivity contribution in [3.05, 3.63) is 54.1 Å². The monoisotopic (exact) mass is 350 g/mol. The van der Waals surface area contributed by atoms with Crippen molar-refractivity contribution in [2.45, 2.75) is 53.6 Å². The third-order valence-corrected chi connectivity index (χ3v) is 5.43. The second-order valence-corrected chi connectivity index (χ2v) is 8.16. The summed E-state index contributed by atoms with van der Waals surface area (Å²) in [4.78, 5) is 13.2. The summed E-state index contributed by atoms with van der Waals surface area (Å²) in [5.74, 6) is 0.560. The Kier molecular flexibility index (Phi) is 5.22. The van der Waals surface area contributed by atoms with Gasteiger partial charge in [0.15, 0.2) is 0 Å². The molecule has 2 heteroatoms. The first-order valence-electron chi connectivity index (χ1n) is 9.83. The molecular weight excluding hydrogens is 320 g/mol. The van der Waals surface area contributed by atoms with Crippen LogP contribution < -0.4 is 0 Å². The molecule has 0 bridgehead atoms. The summed E-state index contributed by atoms with van der Waals surface area (Å²) in [5.41, 5.74) is 1.76. The molecule has 0 saturated carbocycles. The van der Waals surface area contributed by atoms with Crippen LogP contribution in [0, 0.1) is 17.3 Å². The lowest BCUT2D eigenvalue weighted by atomic mass is 9.89. The standard InChI is InChI=1S/C24H30O2/c1-6-14-24(23(25)26-22(16(2)3)17(4)5)15-21(24)20-13-9-11-18-10-7-8-12-19(18)20/h7-13,15-17,22H,6,14H2,1-5H3/t24-/m1/s1. The van der Waals surface area contributed by atoms with Crippen LogP contribution >= 0.6 is 0 Å². The molecule has 0 aromatic heterocycles. The molecule has 138 valence electrons. The number of fused-ring (bicyclic) bond motifs is 1. The highest BCUT2D eigenvalue weighted by atomic mass is 16.5. The lowest BCUT2D eigenvalue weighted by Gasteiger charge is -2.28. The highest BCUT2D eigenvalue weighted by Crippen LogP contribution is 2.56. The van der Waals surface area contributed by atoms with Crippen LogP contribution in [0.1, 0.15) is 53.0 Å². The Morgan fingerprint density at radius 1 is 1.00 bits per heavy atom. The van der Waals surface area contributed by atoms with Gasteiger partial charge in [0, 0.05) is 0 Å². The van der Waals surface area contributed by atoms with Gasteiger partial charge in [0.1, 0.15) is 11.5 Å². The maximum Gasteiger partial charge on any atom is 0.320 e. The Labute approximate surface area is 157 Å². The third kappa shape index (κ3) is 3.30. The van der Waals surface area contributed by atoms with E-state index in [2.05, 4.69) is 83.2 Å². The zero-order chi connectivity index (χ0) is 18.9. The van der Waals surface area contributed by atoms with E-state index in [9.17, 15) is 4.79 Å². The minimum absolute atomic E-state index is 0.0426. The van der Waals surface area contributed by atoms with Gasteiger partial charge in [-0.25, -0.2) is 0 Å². The van der Waals surface area contributed by atoms with E-state index in [-0.39, 0.29) is 12.1 Å². The van der Waals surface area contributed by atoms with Gasteiger partial charge >= 0.3 is 5.97 Å². The number of hydrogen-bond acceptors (Lipinski definition) is 2. The summed E-state index contributed by atoms with van der Waals surface area (Å²) in [6.45, 7) is 10.6. The summed E-state index contributed by atoms with van der Waals surface area (Å²) >= 11 is 0. The minimum Gasteiger partial charge on any atom is -0.461 e. The van der Waals surface area contributed by atoms with E-state index in [0.29, 0.717) is 11.8 Å². The van der Waals surface area contributed by atoms with E-state index < -0.39 is 5.41 Å². The molecule has 0 saturated heterocycles. The molecule has 26 heavy (non-hydrogen) atoms. The molecule has 1 atom stereocenters. The van der Waals surface area contributed by atoms with Crippen molar-refractivity contribution in [2.24, 2.45) is 17.3 Å². The lowest BCUT2D eigenvalue weighted by Crippen LogP contribution is -2.33. The second kappa shape index (κ2) is 7.26.